The van der Waals surface area contributed by atoms with Crippen molar-refractivity contribution in [2.45, 2.75) is 33.1 Å². The highest BCUT2D eigenvalue weighted by atomic mass is 32.2. The summed E-state index contributed by atoms with van der Waals surface area (Å²) in [5.74, 6) is 2.30. The van der Waals surface area contributed by atoms with Crippen LogP contribution >= 0.6 is 0 Å². The van der Waals surface area contributed by atoms with E-state index in [4.69, 9.17) is 5.73 Å². The largest absolute Gasteiger partial charge is 0.330 e. The fourth-order valence-corrected chi connectivity index (χ4v) is 2.49. The third-order valence-electron chi connectivity index (χ3n) is 1.99. The van der Waals surface area contributed by atoms with Crippen molar-refractivity contribution in [2.24, 2.45) is 11.7 Å². The predicted octanol–water partition coefficient (Wildman–Crippen LogP) is 1.52. The van der Waals surface area contributed by atoms with Crippen molar-refractivity contribution < 1.29 is 4.21 Å². The van der Waals surface area contributed by atoms with Crippen LogP contribution < -0.4 is 5.73 Å². The second kappa shape index (κ2) is 7.74. The summed E-state index contributed by atoms with van der Waals surface area (Å²) >= 11 is 0. The molecule has 0 aliphatic rings. The molecule has 0 fully saturated rings. The molecule has 2 N–H and O–H groups in total. The zero-order valence-corrected chi connectivity index (χ0v) is 9.03. The highest BCUT2D eigenvalue weighted by Crippen LogP contribution is 2.04. The minimum atomic E-state index is -0.607. The van der Waals surface area contributed by atoms with Crippen LogP contribution in [0.3, 0.4) is 0 Å². The molecule has 12 heavy (non-hydrogen) atoms. The normalized spacial score (nSPS) is 15.9. The zero-order chi connectivity index (χ0) is 9.40. The van der Waals surface area contributed by atoms with E-state index in [2.05, 4.69) is 13.8 Å². The van der Waals surface area contributed by atoms with E-state index >= 15 is 0 Å². The molecule has 0 saturated heterocycles. The molecule has 0 aromatic carbocycles. The molecule has 0 heterocycles. The maximum Gasteiger partial charge on any atom is 0.0260 e. The first-order valence-corrected chi connectivity index (χ1v) is 6.24. The van der Waals surface area contributed by atoms with E-state index in [1.165, 1.54) is 0 Å². The molecule has 2 atom stereocenters. The van der Waals surface area contributed by atoms with E-state index in [1.807, 2.05) is 0 Å². The van der Waals surface area contributed by atoms with Gasteiger partial charge in [-0.3, -0.25) is 4.21 Å². The molecule has 0 spiro atoms. The van der Waals surface area contributed by atoms with Crippen molar-refractivity contribution in [3.63, 3.8) is 0 Å². The zero-order valence-electron chi connectivity index (χ0n) is 8.21. The molecular weight excluding hydrogens is 170 g/mol. The van der Waals surface area contributed by atoms with E-state index in [0.717, 1.165) is 37.3 Å². The van der Waals surface area contributed by atoms with Crippen LogP contribution in [-0.2, 0) is 10.8 Å². The number of hydrogen-bond donors (Lipinski definition) is 1. The lowest BCUT2D eigenvalue weighted by molar-refractivity contribution is 0.614. The quantitative estimate of drug-likeness (QED) is 0.620. The number of unbranched alkanes of at least 4 members (excludes halogenated alkanes) is 1. The molecule has 0 aliphatic heterocycles. The molecule has 0 amide bonds. The Bertz CT molecular complexity index is 128. The minimum Gasteiger partial charge on any atom is -0.330 e. The number of rotatable bonds is 7. The predicted molar refractivity (Wildman–Crippen MR) is 55.6 cm³/mol. The van der Waals surface area contributed by atoms with Gasteiger partial charge in [-0.25, -0.2) is 0 Å². The second-order valence-corrected chi connectivity index (χ2v) is 4.94. The molecule has 0 saturated carbocycles. The molecule has 2 unspecified atom stereocenters. The molecule has 74 valence electrons. The molecular formula is C9H21NOS. The first kappa shape index (κ1) is 12.1. The lowest BCUT2D eigenvalue weighted by Crippen LogP contribution is -2.11. The van der Waals surface area contributed by atoms with Crippen LogP contribution in [0.1, 0.15) is 33.1 Å². The van der Waals surface area contributed by atoms with Crippen molar-refractivity contribution in [1.82, 2.24) is 0 Å². The Morgan fingerprint density at radius 3 is 2.58 bits per heavy atom. The van der Waals surface area contributed by atoms with Gasteiger partial charge in [-0.05, 0) is 25.3 Å². The van der Waals surface area contributed by atoms with Crippen LogP contribution in [0.4, 0.5) is 0 Å². The van der Waals surface area contributed by atoms with Crippen molar-refractivity contribution in [3.8, 4) is 0 Å². The third kappa shape index (κ3) is 6.80. The van der Waals surface area contributed by atoms with E-state index in [-0.39, 0.29) is 0 Å². The molecule has 3 heteroatoms. The van der Waals surface area contributed by atoms with E-state index in [1.54, 1.807) is 0 Å². The molecule has 2 nitrogen and oxygen atoms in total. The first-order chi connectivity index (χ1) is 5.70. The van der Waals surface area contributed by atoms with Crippen molar-refractivity contribution in [3.05, 3.63) is 0 Å². The Morgan fingerprint density at radius 1 is 1.42 bits per heavy atom. The Labute approximate surface area is 78.4 Å². The summed E-state index contributed by atoms with van der Waals surface area (Å²) in [4.78, 5) is 0. The highest BCUT2D eigenvalue weighted by Gasteiger charge is 2.04. The van der Waals surface area contributed by atoms with Gasteiger partial charge in [-0.1, -0.05) is 20.3 Å². The summed E-state index contributed by atoms with van der Waals surface area (Å²) in [6, 6.07) is 0. The van der Waals surface area contributed by atoms with Crippen LogP contribution in [0.25, 0.3) is 0 Å². The van der Waals surface area contributed by atoms with Gasteiger partial charge in [0, 0.05) is 22.3 Å². The van der Waals surface area contributed by atoms with Gasteiger partial charge in [0.15, 0.2) is 0 Å². The molecule has 0 rings (SSSR count). The van der Waals surface area contributed by atoms with Gasteiger partial charge in [0.1, 0.15) is 0 Å². The van der Waals surface area contributed by atoms with Gasteiger partial charge in [-0.15, -0.1) is 0 Å². The SMILES string of the molecule is CCC(C)CS(=O)CCCCN. The van der Waals surface area contributed by atoms with Gasteiger partial charge in [0.05, 0.1) is 0 Å². The summed E-state index contributed by atoms with van der Waals surface area (Å²) in [6.07, 6.45) is 3.15. The summed E-state index contributed by atoms with van der Waals surface area (Å²) in [7, 11) is -0.607. The monoisotopic (exact) mass is 191 g/mol. The third-order valence-corrected chi connectivity index (χ3v) is 3.68. The summed E-state index contributed by atoms with van der Waals surface area (Å²) in [6.45, 7) is 5.02. The highest BCUT2D eigenvalue weighted by molar-refractivity contribution is 7.84. The molecule has 0 aromatic heterocycles. The topological polar surface area (TPSA) is 43.1 Å². The Hall–Kier alpha value is 0.110. The molecule has 0 aromatic rings. The van der Waals surface area contributed by atoms with Crippen molar-refractivity contribution >= 4 is 10.8 Å². The van der Waals surface area contributed by atoms with Gasteiger partial charge >= 0.3 is 0 Å². The standard InChI is InChI=1S/C9H21NOS/c1-3-9(2)8-12(11)7-5-4-6-10/h9H,3-8,10H2,1-2H3. The van der Waals surface area contributed by atoms with Crippen LogP contribution in [0.2, 0.25) is 0 Å². The van der Waals surface area contributed by atoms with Gasteiger partial charge in [0.25, 0.3) is 0 Å². The number of nitrogens with two attached hydrogens (primary N) is 1. The Balaban J connectivity index is 3.33. The van der Waals surface area contributed by atoms with Crippen LogP contribution in [0.5, 0.6) is 0 Å². The average Bonchev–Trinajstić information content (AvgIpc) is 2.05. The van der Waals surface area contributed by atoms with Crippen LogP contribution in [0, 0.1) is 5.92 Å². The smallest absolute Gasteiger partial charge is 0.0260 e. The van der Waals surface area contributed by atoms with Crippen LogP contribution in [0.15, 0.2) is 0 Å². The van der Waals surface area contributed by atoms with Gasteiger partial charge in [-0.2, -0.15) is 0 Å². The summed E-state index contributed by atoms with van der Waals surface area (Å²) < 4.78 is 11.4. The van der Waals surface area contributed by atoms with Crippen LogP contribution in [-0.4, -0.2) is 22.3 Å². The Morgan fingerprint density at radius 2 is 2.08 bits per heavy atom. The van der Waals surface area contributed by atoms with E-state index in [0.29, 0.717) is 5.92 Å². The van der Waals surface area contributed by atoms with Gasteiger partial charge < -0.3 is 5.73 Å². The minimum absolute atomic E-state index is 0.601. The second-order valence-electron chi connectivity index (χ2n) is 3.32. The van der Waals surface area contributed by atoms with Crippen molar-refractivity contribution in [2.75, 3.05) is 18.1 Å². The summed E-state index contributed by atoms with van der Waals surface area (Å²) in [5, 5.41) is 0. The average molecular weight is 191 g/mol. The maximum absolute atomic E-state index is 11.4. The van der Waals surface area contributed by atoms with E-state index < -0.39 is 10.8 Å². The molecule has 0 aliphatic carbocycles. The lowest BCUT2D eigenvalue weighted by atomic mass is 10.2. The van der Waals surface area contributed by atoms with E-state index in [9.17, 15) is 4.21 Å². The Kier molecular flexibility index (Phi) is 7.81. The fraction of sp³-hybridized carbons (Fsp3) is 1.00. The van der Waals surface area contributed by atoms with Gasteiger partial charge in [0.2, 0.25) is 0 Å². The number of hydrogen-bond acceptors (Lipinski definition) is 2. The molecule has 0 bridgehead atoms. The maximum atomic E-state index is 11.4. The van der Waals surface area contributed by atoms with Crippen molar-refractivity contribution in [1.29, 1.82) is 0 Å². The lowest BCUT2D eigenvalue weighted by Gasteiger charge is -2.07. The summed E-state index contributed by atoms with van der Waals surface area (Å²) in [5.41, 5.74) is 5.34. The molecule has 0 radical (unpaired) electrons. The fourth-order valence-electron chi connectivity index (χ4n) is 0.926. The first-order valence-electron chi connectivity index (χ1n) is 4.75.